The van der Waals surface area contributed by atoms with Crippen LogP contribution in [0.25, 0.3) is 11.0 Å². The van der Waals surface area contributed by atoms with Gasteiger partial charge < -0.3 is 15.6 Å². The van der Waals surface area contributed by atoms with Crippen molar-refractivity contribution in [1.29, 1.82) is 0 Å². The Hall–Kier alpha value is -2.37. The van der Waals surface area contributed by atoms with E-state index in [-0.39, 0.29) is 17.9 Å². The predicted octanol–water partition coefficient (Wildman–Crippen LogP) is 0.809. The van der Waals surface area contributed by atoms with Crippen molar-refractivity contribution in [1.82, 2.24) is 20.6 Å². The van der Waals surface area contributed by atoms with Crippen molar-refractivity contribution in [3.63, 3.8) is 0 Å². The second-order valence-corrected chi connectivity index (χ2v) is 5.37. The number of carbonyl (C=O) groups is 2. The maximum Gasteiger partial charge on any atom is 0.242 e. The SMILES string of the molecule is Cc1nc2ccc(CCNC(=O)C3CCC(=O)N3)cc2[nH]1. The molecule has 1 aliphatic rings. The third kappa shape index (κ3) is 3.04. The number of imidazole rings is 1. The van der Waals surface area contributed by atoms with E-state index in [0.29, 0.717) is 19.4 Å². The zero-order chi connectivity index (χ0) is 14.8. The Bertz CT molecular complexity index is 692. The summed E-state index contributed by atoms with van der Waals surface area (Å²) in [6.45, 7) is 2.49. The predicted molar refractivity (Wildman–Crippen MR) is 78.7 cm³/mol. The first-order valence-electron chi connectivity index (χ1n) is 7.14. The molecule has 1 aromatic heterocycles. The second kappa shape index (κ2) is 5.55. The minimum Gasteiger partial charge on any atom is -0.354 e. The molecule has 2 aromatic rings. The van der Waals surface area contributed by atoms with Gasteiger partial charge in [0, 0.05) is 13.0 Å². The van der Waals surface area contributed by atoms with Crippen molar-refractivity contribution < 1.29 is 9.59 Å². The number of nitrogens with zero attached hydrogens (tertiary/aromatic N) is 1. The number of carbonyl (C=O) groups excluding carboxylic acids is 2. The molecule has 0 radical (unpaired) electrons. The molecule has 2 amide bonds. The number of aromatic amines is 1. The third-order valence-electron chi connectivity index (χ3n) is 3.69. The number of aryl methyl sites for hydroxylation is 1. The largest absolute Gasteiger partial charge is 0.354 e. The van der Waals surface area contributed by atoms with Crippen molar-refractivity contribution in [3.8, 4) is 0 Å². The van der Waals surface area contributed by atoms with Crippen molar-refractivity contribution >= 4 is 22.8 Å². The highest BCUT2D eigenvalue weighted by molar-refractivity contribution is 5.90. The molecule has 3 rings (SSSR count). The van der Waals surface area contributed by atoms with Gasteiger partial charge in [0.25, 0.3) is 0 Å². The number of hydrogen-bond acceptors (Lipinski definition) is 3. The van der Waals surface area contributed by atoms with Gasteiger partial charge in [-0.05, 0) is 37.5 Å². The van der Waals surface area contributed by atoms with E-state index in [1.165, 1.54) is 0 Å². The molecule has 2 heterocycles. The molecule has 0 saturated carbocycles. The monoisotopic (exact) mass is 286 g/mol. The lowest BCUT2D eigenvalue weighted by Crippen LogP contribution is -2.42. The highest BCUT2D eigenvalue weighted by atomic mass is 16.2. The zero-order valence-electron chi connectivity index (χ0n) is 11.9. The number of aromatic nitrogens is 2. The number of H-pyrrole nitrogens is 1. The molecular formula is C15H18N4O2. The topological polar surface area (TPSA) is 86.9 Å². The van der Waals surface area contributed by atoms with Crippen LogP contribution < -0.4 is 10.6 Å². The molecule has 1 fully saturated rings. The molecule has 1 unspecified atom stereocenters. The highest BCUT2D eigenvalue weighted by Crippen LogP contribution is 2.13. The standard InChI is InChI=1S/C15H18N4O2/c1-9-17-11-3-2-10(8-13(11)18-9)6-7-16-15(21)12-4-5-14(20)19-12/h2-3,8,12H,4-7H2,1H3,(H,16,21)(H,17,18)(H,19,20). The number of rotatable bonds is 4. The Morgan fingerprint density at radius 2 is 2.33 bits per heavy atom. The van der Waals surface area contributed by atoms with Crippen LogP contribution in [0.5, 0.6) is 0 Å². The Morgan fingerprint density at radius 3 is 3.10 bits per heavy atom. The second-order valence-electron chi connectivity index (χ2n) is 5.37. The van der Waals surface area contributed by atoms with E-state index < -0.39 is 0 Å². The van der Waals surface area contributed by atoms with Gasteiger partial charge in [0.2, 0.25) is 11.8 Å². The zero-order valence-corrected chi connectivity index (χ0v) is 11.9. The van der Waals surface area contributed by atoms with Crippen LogP contribution in [0.15, 0.2) is 18.2 Å². The third-order valence-corrected chi connectivity index (χ3v) is 3.69. The molecule has 6 nitrogen and oxygen atoms in total. The summed E-state index contributed by atoms with van der Waals surface area (Å²) in [5.41, 5.74) is 3.11. The van der Waals surface area contributed by atoms with Gasteiger partial charge in [-0.15, -0.1) is 0 Å². The Kier molecular flexibility index (Phi) is 3.60. The van der Waals surface area contributed by atoms with Crippen LogP contribution in [0.2, 0.25) is 0 Å². The summed E-state index contributed by atoms with van der Waals surface area (Å²) in [6.07, 6.45) is 1.78. The van der Waals surface area contributed by atoms with Crippen molar-refractivity contribution in [3.05, 3.63) is 29.6 Å². The van der Waals surface area contributed by atoms with E-state index in [2.05, 4.69) is 26.7 Å². The number of fused-ring (bicyclic) bond motifs is 1. The minimum absolute atomic E-state index is 0.0461. The van der Waals surface area contributed by atoms with Gasteiger partial charge in [-0.1, -0.05) is 6.07 Å². The molecule has 110 valence electrons. The lowest BCUT2D eigenvalue weighted by atomic mass is 10.1. The quantitative estimate of drug-likeness (QED) is 0.777. The summed E-state index contributed by atoms with van der Waals surface area (Å²) in [7, 11) is 0. The Balaban J connectivity index is 1.54. The fourth-order valence-electron chi connectivity index (χ4n) is 2.60. The number of benzene rings is 1. The fourth-order valence-corrected chi connectivity index (χ4v) is 2.60. The summed E-state index contributed by atoms with van der Waals surface area (Å²) in [5.74, 6) is 0.752. The van der Waals surface area contributed by atoms with Crippen LogP contribution in [0, 0.1) is 6.92 Å². The van der Waals surface area contributed by atoms with Gasteiger partial charge in [0.15, 0.2) is 0 Å². The van der Waals surface area contributed by atoms with Crippen LogP contribution in [0.3, 0.4) is 0 Å². The van der Waals surface area contributed by atoms with E-state index >= 15 is 0 Å². The first kappa shape index (κ1) is 13.6. The molecule has 1 aromatic carbocycles. The molecular weight excluding hydrogens is 268 g/mol. The lowest BCUT2D eigenvalue weighted by molar-refractivity contribution is -0.125. The molecule has 21 heavy (non-hydrogen) atoms. The van der Waals surface area contributed by atoms with Gasteiger partial charge in [0.1, 0.15) is 11.9 Å². The van der Waals surface area contributed by atoms with Crippen molar-refractivity contribution in [2.75, 3.05) is 6.54 Å². The smallest absolute Gasteiger partial charge is 0.242 e. The maximum atomic E-state index is 11.9. The van der Waals surface area contributed by atoms with Gasteiger partial charge in [0.05, 0.1) is 11.0 Å². The first-order chi connectivity index (χ1) is 10.1. The van der Waals surface area contributed by atoms with Gasteiger partial charge in [-0.3, -0.25) is 9.59 Å². The summed E-state index contributed by atoms with van der Waals surface area (Å²) in [5, 5.41) is 5.53. The van der Waals surface area contributed by atoms with Crippen LogP contribution in [-0.2, 0) is 16.0 Å². The van der Waals surface area contributed by atoms with Crippen molar-refractivity contribution in [2.24, 2.45) is 0 Å². The Morgan fingerprint density at radius 1 is 1.48 bits per heavy atom. The molecule has 1 saturated heterocycles. The van der Waals surface area contributed by atoms with E-state index in [1.54, 1.807) is 0 Å². The minimum atomic E-state index is -0.366. The normalized spacial score (nSPS) is 18.0. The number of amides is 2. The highest BCUT2D eigenvalue weighted by Gasteiger charge is 2.26. The molecule has 0 spiro atoms. The van der Waals surface area contributed by atoms with Crippen molar-refractivity contribution in [2.45, 2.75) is 32.2 Å². The molecule has 6 heteroatoms. The van der Waals surface area contributed by atoms with E-state index in [4.69, 9.17) is 0 Å². The van der Waals surface area contributed by atoms with Crippen LogP contribution in [-0.4, -0.2) is 34.4 Å². The van der Waals surface area contributed by atoms with Gasteiger partial charge in [-0.25, -0.2) is 4.98 Å². The van der Waals surface area contributed by atoms with Crippen LogP contribution in [0.1, 0.15) is 24.2 Å². The maximum absolute atomic E-state index is 11.9. The molecule has 3 N–H and O–H groups in total. The van der Waals surface area contributed by atoms with Crippen LogP contribution in [0.4, 0.5) is 0 Å². The summed E-state index contributed by atoms with van der Waals surface area (Å²) in [6, 6.07) is 5.69. The lowest BCUT2D eigenvalue weighted by Gasteiger charge is -2.10. The molecule has 1 aliphatic heterocycles. The molecule has 0 aliphatic carbocycles. The average molecular weight is 286 g/mol. The van der Waals surface area contributed by atoms with E-state index in [9.17, 15) is 9.59 Å². The van der Waals surface area contributed by atoms with Gasteiger partial charge >= 0.3 is 0 Å². The van der Waals surface area contributed by atoms with E-state index in [0.717, 1.165) is 28.8 Å². The average Bonchev–Trinajstić information content (AvgIpc) is 3.03. The summed E-state index contributed by atoms with van der Waals surface area (Å²) < 4.78 is 0. The van der Waals surface area contributed by atoms with Gasteiger partial charge in [-0.2, -0.15) is 0 Å². The number of nitrogens with one attached hydrogen (secondary N) is 3. The molecule has 1 atom stereocenters. The van der Waals surface area contributed by atoms with E-state index in [1.807, 2.05) is 19.1 Å². The first-order valence-corrected chi connectivity index (χ1v) is 7.14. The summed E-state index contributed by atoms with van der Waals surface area (Å²) in [4.78, 5) is 30.5. The Labute approximate surface area is 122 Å². The fraction of sp³-hybridized carbons (Fsp3) is 0.400. The van der Waals surface area contributed by atoms with Crippen LogP contribution >= 0.6 is 0 Å². The molecule has 0 bridgehead atoms. The number of hydrogen-bond donors (Lipinski definition) is 3. The summed E-state index contributed by atoms with van der Waals surface area (Å²) >= 11 is 0.